The Labute approximate surface area is 199 Å². The van der Waals surface area contributed by atoms with E-state index in [9.17, 15) is 14.9 Å². The van der Waals surface area contributed by atoms with E-state index in [2.05, 4.69) is 45.6 Å². The molecule has 1 aliphatic heterocycles. The fourth-order valence-corrected chi connectivity index (χ4v) is 4.77. The van der Waals surface area contributed by atoms with Gasteiger partial charge in [0.25, 0.3) is 0 Å². The van der Waals surface area contributed by atoms with Gasteiger partial charge in [-0.3, -0.25) is 0 Å². The summed E-state index contributed by atoms with van der Waals surface area (Å²) in [7, 11) is -2.53. The first-order chi connectivity index (χ1) is 16.0. The van der Waals surface area contributed by atoms with Crippen molar-refractivity contribution in [2.45, 2.75) is 32.7 Å². The zero-order valence-electron chi connectivity index (χ0n) is 20.1. The van der Waals surface area contributed by atoms with Gasteiger partial charge in [-0.2, -0.15) is 10.4 Å². The summed E-state index contributed by atoms with van der Waals surface area (Å²) in [5.41, 5.74) is 3.68. The van der Waals surface area contributed by atoms with Gasteiger partial charge in [0, 0.05) is 36.3 Å². The number of aliphatic hydroxyl groups excluding tert-OH is 1. The number of benzene rings is 1. The Morgan fingerprint density at radius 3 is 2.76 bits per heavy atom. The van der Waals surface area contributed by atoms with Crippen molar-refractivity contribution in [3.63, 3.8) is 0 Å². The molecule has 0 amide bonds. The van der Waals surface area contributed by atoms with E-state index in [0.717, 1.165) is 16.8 Å². The first-order valence-electron chi connectivity index (χ1n) is 11.2. The van der Waals surface area contributed by atoms with Crippen LogP contribution < -0.4 is 16.1 Å². The molecule has 0 spiro atoms. The molecule has 9 nitrogen and oxygen atoms in total. The van der Waals surface area contributed by atoms with Crippen molar-refractivity contribution in [3.05, 3.63) is 41.6 Å². The van der Waals surface area contributed by atoms with Crippen molar-refractivity contribution < 1.29 is 9.67 Å². The number of nitrogens with one attached hydrogen (secondary N) is 2. The van der Waals surface area contributed by atoms with Crippen LogP contribution in [-0.2, 0) is 16.5 Å². The summed E-state index contributed by atoms with van der Waals surface area (Å²) in [5, 5.41) is 30.7. The van der Waals surface area contributed by atoms with Gasteiger partial charge < -0.3 is 20.3 Å². The van der Waals surface area contributed by atoms with E-state index in [1.54, 1.807) is 42.4 Å². The van der Waals surface area contributed by atoms with Crippen molar-refractivity contribution in [1.82, 2.24) is 19.7 Å². The quantitative estimate of drug-likeness (QED) is 0.439. The molecule has 178 valence electrons. The number of nitriles is 1. The van der Waals surface area contributed by atoms with Crippen molar-refractivity contribution in [3.8, 4) is 17.3 Å². The van der Waals surface area contributed by atoms with Crippen molar-refractivity contribution in [2.24, 2.45) is 5.92 Å². The minimum absolute atomic E-state index is 0.0290. The van der Waals surface area contributed by atoms with Gasteiger partial charge in [0.2, 0.25) is 5.95 Å². The Kier molecular flexibility index (Phi) is 6.24. The smallest absolute Gasteiger partial charge is 0.228 e. The van der Waals surface area contributed by atoms with Crippen LogP contribution in [0.4, 0.5) is 17.5 Å². The molecule has 0 fully saturated rings. The summed E-state index contributed by atoms with van der Waals surface area (Å²) in [6.45, 7) is 10.7. The SMILES string of the molecule is CC(C)Cn1nc(P(C)(C)=O)cc1Nc1nccc(-c2cc(C#N)c3c(c2)[C@@](C)(CO)CN3)n1. The van der Waals surface area contributed by atoms with E-state index in [1.165, 1.54) is 0 Å². The molecule has 1 atom stereocenters. The molecule has 0 saturated heterocycles. The van der Waals surface area contributed by atoms with Gasteiger partial charge in [-0.15, -0.1) is 0 Å². The highest BCUT2D eigenvalue weighted by Crippen LogP contribution is 2.41. The maximum atomic E-state index is 12.6. The monoisotopic (exact) mass is 479 g/mol. The highest BCUT2D eigenvalue weighted by molar-refractivity contribution is 7.69. The summed E-state index contributed by atoms with van der Waals surface area (Å²) in [6, 6.07) is 9.61. The lowest BCUT2D eigenvalue weighted by Gasteiger charge is -2.21. The average Bonchev–Trinajstić information content (AvgIpc) is 3.34. The number of nitrogens with zero attached hydrogens (tertiary/aromatic N) is 5. The summed E-state index contributed by atoms with van der Waals surface area (Å²) < 4.78 is 14.4. The molecule has 4 rings (SSSR count). The molecule has 0 unspecified atom stereocenters. The predicted molar refractivity (Wildman–Crippen MR) is 135 cm³/mol. The lowest BCUT2D eigenvalue weighted by molar-refractivity contribution is 0.219. The molecule has 1 aliphatic rings. The van der Waals surface area contributed by atoms with Gasteiger partial charge >= 0.3 is 0 Å². The Balaban J connectivity index is 1.72. The second kappa shape index (κ2) is 8.86. The number of hydrogen-bond donors (Lipinski definition) is 3. The molecular weight excluding hydrogens is 449 g/mol. The van der Waals surface area contributed by atoms with Crippen LogP contribution >= 0.6 is 7.14 Å². The van der Waals surface area contributed by atoms with E-state index >= 15 is 0 Å². The standard InChI is InChI=1S/C24H30N7O2P/c1-15(2)12-31-20(10-21(30-31)34(4,5)33)29-23-26-7-6-19(28-23)16-8-17(11-25)22-18(9-16)24(3,14-32)13-27-22/h6-10,15,27,32H,12-14H2,1-5H3,(H,26,28,29)/t24-/m1/s1. The maximum absolute atomic E-state index is 12.6. The van der Waals surface area contributed by atoms with Crippen molar-refractivity contribution >= 4 is 30.0 Å². The largest absolute Gasteiger partial charge is 0.395 e. The fourth-order valence-electron chi connectivity index (χ4n) is 4.01. The van der Waals surface area contributed by atoms with E-state index < -0.39 is 12.6 Å². The van der Waals surface area contributed by atoms with Crippen molar-refractivity contribution in [1.29, 1.82) is 5.26 Å². The third-order valence-electron chi connectivity index (χ3n) is 5.96. The molecule has 0 bridgehead atoms. The van der Waals surface area contributed by atoms with Crippen LogP contribution in [0, 0.1) is 17.2 Å². The Morgan fingerprint density at radius 2 is 2.12 bits per heavy atom. The highest BCUT2D eigenvalue weighted by atomic mass is 31.2. The van der Waals surface area contributed by atoms with Gasteiger partial charge in [-0.1, -0.05) is 20.8 Å². The van der Waals surface area contributed by atoms with E-state index in [1.807, 2.05) is 13.0 Å². The normalized spacial score (nSPS) is 17.4. The van der Waals surface area contributed by atoms with E-state index in [4.69, 9.17) is 0 Å². The molecule has 3 aromatic rings. The lowest BCUT2D eigenvalue weighted by Crippen LogP contribution is -2.28. The Hall–Kier alpha value is -3.21. The first-order valence-corrected chi connectivity index (χ1v) is 13.8. The Bertz CT molecular complexity index is 1320. The molecule has 1 aromatic carbocycles. The molecule has 0 saturated carbocycles. The van der Waals surface area contributed by atoms with Gasteiger partial charge in [0.15, 0.2) is 0 Å². The van der Waals surface area contributed by atoms with Crippen LogP contribution in [0.5, 0.6) is 0 Å². The number of anilines is 3. The zero-order valence-corrected chi connectivity index (χ0v) is 21.0. The van der Waals surface area contributed by atoms with Gasteiger partial charge in [0.05, 0.1) is 23.6 Å². The highest BCUT2D eigenvalue weighted by Gasteiger charge is 2.36. The molecular formula is C24H30N7O2P. The zero-order chi connectivity index (χ0) is 24.7. The molecule has 0 radical (unpaired) electrons. The predicted octanol–water partition coefficient (Wildman–Crippen LogP) is 3.53. The van der Waals surface area contributed by atoms with Gasteiger partial charge in [-0.25, -0.2) is 14.6 Å². The van der Waals surface area contributed by atoms with Crippen LogP contribution in [0.25, 0.3) is 11.3 Å². The number of hydrogen-bond acceptors (Lipinski definition) is 8. The summed E-state index contributed by atoms with van der Waals surface area (Å²) in [6.07, 6.45) is 1.65. The van der Waals surface area contributed by atoms with Crippen LogP contribution in [-0.4, -0.2) is 51.3 Å². The third kappa shape index (κ3) is 4.56. The lowest BCUT2D eigenvalue weighted by atomic mass is 9.83. The maximum Gasteiger partial charge on any atom is 0.228 e. The number of aromatic nitrogens is 4. The average molecular weight is 480 g/mol. The van der Waals surface area contributed by atoms with E-state index in [-0.39, 0.29) is 6.61 Å². The summed E-state index contributed by atoms with van der Waals surface area (Å²) >= 11 is 0. The topological polar surface area (TPSA) is 129 Å². The first kappa shape index (κ1) is 23.9. The summed E-state index contributed by atoms with van der Waals surface area (Å²) in [4.78, 5) is 9.04. The molecule has 3 heterocycles. The second-order valence-corrected chi connectivity index (χ2v) is 13.0. The van der Waals surface area contributed by atoms with Crippen LogP contribution in [0.3, 0.4) is 0 Å². The summed E-state index contributed by atoms with van der Waals surface area (Å²) in [5.74, 6) is 1.39. The third-order valence-corrected chi connectivity index (χ3v) is 7.28. The van der Waals surface area contributed by atoms with Crippen LogP contribution in [0.1, 0.15) is 31.9 Å². The second-order valence-electron chi connectivity index (χ2n) is 9.84. The number of fused-ring (bicyclic) bond motifs is 1. The van der Waals surface area contributed by atoms with Gasteiger partial charge in [0.1, 0.15) is 24.5 Å². The minimum atomic E-state index is -2.53. The molecule has 2 aromatic heterocycles. The number of aliphatic hydroxyl groups is 1. The van der Waals surface area contributed by atoms with Crippen molar-refractivity contribution in [2.75, 3.05) is 37.1 Å². The molecule has 10 heteroatoms. The van der Waals surface area contributed by atoms with Crippen LogP contribution in [0.15, 0.2) is 30.5 Å². The van der Waals surface area contributed by atoms with Crippen LogP contribution in [0.2, 0.25) is 0 Å². The fraction of sp³-hybridized carbons (Fsp3) is 0.417. The molecule has 3 N–H and O–H groups in total. The Morgan fingerprint density at radius 1 is 1.35 bits per heavy atom. The molecule has 34 heavy (non-hydrogen) atoms. The number of rotatable bonds is 7. The minimum Gasteiger partial charge on any atom is -0.395 e. The molecule has 0 aliphatic carbocycles. The van der Waals surface area contributed by atoms with E-state index in [0.29, 0.717) is 47.5 Å². The van der Waals surface area contributed by atoms with Gasteiger partial charge in [-0.05, 0) is 43.0 Å².